The Bertz CT molecular complexity index is 1080. The zero-order valence-corrected chi connectivity index (χ0v) is 30.2. The standard InChI is InChI=1S/C18H25F9O4.C16H30O2.CH4/c1-5-13(2,3)12(28)31-11-7-9(14(4,29)16(19,20)21)6-10(8-11)15(30,17(22,23)24)18(25,26)27;1-7-16(5,6)14(17)18-13-10-8-12(9-11-13)15(2,3)4;/h9-11,29-30H,5-8H2,1-4H3;12-13H,7-11H2,1-6H3;1H4. The number of hydrogen-bond acceptors (Lipinski definition) is 6. The lowest BCUT2D eigenvalue weighted by Crippen LogP contribution is -2.64. The first-order valence-corrected chi connectivity index (χ1v) is 16.8. The van der Waals surface area contributed by atoms with Gasteiger partial charge in [-0.25, -0.2) is 0 Å². The molecule has 0 bridgehead atoms. The number of carbonyl (C=O) groups is 2. The van der Waals surface area contributed by atoms with E-state index in [1.54, 1.807) is 6.92 Å². The maximum Gasteiger partial charge on any atom is 0.426 e. The molecule has 2 rings (SSSR count). The molecule has 0 aromatic heterocycles. The van der Waals surface area contributed by atoms with Crippen LogP contribution in [0.15, 0.2) is 0 Å². The van der Waals surface area contributed by atoms with Crippen molar-refractivity contribution >= 4 is 11.9 Å². The predicted molar refractivity (Wildman–Crippen MR) is 171 cm³/mol. The molecular formula is C35H59F9O6. The molecule has 0 heterocycles. The van der Waals surface area contributed by atoms with Gasteiger partial charge in [-0.05, 0) is 104 Å². The molecule has 50 heavy (non-hydrogen) atoms. The summed E-state index contributed by atoms with van der Waals surface area (Å²) in [4.78, 5) is 24.3. The highest BCUT2D eigenvalue weighted by Gasteiger charge is 2.75. The molecule has 0 amide bonds. The van der Waals surface area contributed by atoms with Crippen molar-refractivity contribution in [3.8, 4) is 0 Å². The van der Waals surface area contributed by atoms with Gasteiger partial charge in [0.15, 0.2) is 5.60 Å². The van der Waals surface area contributed by atoms with E-state index in [2.05, 4.69) is 20.8 Å². The number of esters is 2. The fraction of sp³-hybridized carbons (Fsp3) is 0.943. The summed E-state index contributed by atoms with van der Waals surface area (Å²) in [6.45, 7) is 17.4. The van der Waals surface area contributed by atoms with E-state index in [1.807, 2.05) is 20.8 Å². The molecular weight excluding hydrogens is 687 g/mol. The van der Waals surface area contributed by atoms with E-state index < -0.39 is 78.3 Å². The van der Waals surface area contributed by atoms with Gasteiger partial charge >= 0.3 is 30.5 Å². The quantitative estimate of drug-likeness (QED) is 0.190. The molecule has 2 aliphatic carbocycles. The molecule has 2 saturated carbocycles. The third-order valence-corrected chi connectivity index (χ3v) is 10.8. The smallest absolute Gasteiger partial charge is 0.426 e. The van der Waals surface area contributed by atoms with Crippen LogP contribution in [0.25, 0.3) is 0 Å². The molecule has 2 N–H and O–H groups in total. The Balaban J connectivity index is 0.00000108. The number of aliphatic hydroxyl groups is 2. The Morgan fingerprint density at radius 2 is 0.920 bits per heavy atom. The van der Waals surface area contributed by atoms with Gasteiger partial charge in [-0.3, -0.25) is 9.59 Å². The lowest BCUT2D eigenvalue weighted by molar-refractivity contribution is -0.391. The summed E-state index contributed by atoms with van der Waals surface area (Å²) < 4.78 is 130. The van der Waals surface area contributed by atoms with Gasteiger partial charge in [0.2, 0.25) is 0 Å². The largest absolute Gasteiger partial charge is 0.462 e. The highest BCUT2D eigenvalue weighted by Crippen LogP contribution is 2.55. The van der Waals surface area contributed by atoms with Gasteiger partial charge in [0.05, 0.1) is 10.8 Å². The lowest BCUT2D eigenvalue weighted by Gasteiger charge is -2.47. The van der Waals surface area contributed by atoms with Gasteiger partial charge in [0.25, 0.3) is 5.60 Å². The molecule has 4 unspecified atom stereocenters. The molecule has 6 nitrogen and oxygen atoms in total. The summed E-state index contributed by atoms with van der Waals surface area (Å²) in [5.41, 5.74) is -10.2. The summed E-state index contributed by atoms with van der Waals surface area (Å²) in [6, 6.07) is 0. The van der Waals surface area contributed by atoms with Crippen LogP contribution in [0.4, 0.5) is 39.5 Å². The molecule has 0 saturated heterocycles. The SMILES string of the molecule is C.CCC(C)(C)C(=O)OC1CC(C(C)(O)C(F)(F)F)CC(C(O)(C(F)(F)F)C(F)(F)F)C1.CCC(C)(C)C(=O)OC1CCC(C(C)(C)C)CC1. The van der Waals surface area contributed by atoms with Gasteiger partial charge < -0.3 is 19.7 Å². The molecule has 298 valence electrons. The zero-order chi connectivity index (χ0) is 38.8. The van der Waals surface area contributed by atoms with Crippen LogP contribution in [0, 0.1) is 34.0 Å². The average Bonchev–Trinajstić information content (AvgIpc) is 2.94. The fourth-order valence-electron chi connectivity index (χ4n) is 5.98. The fourth-order valence-corrected chi connectivity index (χ4v) is 5.98. The minimum absolute atomic E-state index is 0. The van der Waals surface area contributed by atoms with Crippen molar-refractivity contribution in [2.45, 2.75) is 176 Å². The average molecular weight is 747 g/mol. The van der Waals surface area contributed by atoms with Crippen LogP contribution in [0.3, 0.4) is 0 Å². The minimum Gasteiger partial charge on any atom is -0.462 e. The van der Waals surface area contributed by atoms with Gasteiger partial charge in [-0.15, -0.1) is 0 Å². The van der Waals surface area contributed by atoms with Crippen LogP contribution in [0.2, 0.25) is 0 Å². The van der Waals surface area contributed by atoms with Crippen molar-refractivity contribution < 1.29 is 68.8 Å². The number of hydrogen-bond donors (Lipinski definition) is 2. The molecule has 0 radical (unpaired) electrons. The van der Waals surface area contributed by atoms with Crippen molar-refractivity contribution in [1.29, 1.82) is 0 Å². The van der Waals surface area contributed by atoms with Crippen molar-refractivity contribution in [3.63, 3.8) is 0 Å². The normalized spacial score (nSPS) is 25.7. The predicted octanol–water partition coefficient (Wildman–Crippen LogP) is 10.1. The van der Waals surface area contributed by atoms with Crippen molar-refractivity contribution in [2.75, 3.05) is 0 Å². The lowest BCUT2D eigenvalue weighted by atomic mass is 9.66. The molecule has 0 aromatic rings. The number of carbonyl (C=O) groups excluding carboxylic acids is 2. The third-order valence-electron chi connectivity index (χ3n) is 10.8. The van der Waals surface area contributed by atoms with E-state index in [-0.39, 0.29) is 38.3 Å². The van der Waals surface area contributed by atoms with Crippen LogP contribution in [0.5, 0.6) is 0 Å². The molecule has 15 heteroatoms. The van der Waals surface area contributed by atoms with Crippen LogP contribution in [-0.4, -0.2) is 64.1 Å². The second-order valence-electron chi connectivity index (χ2n) is 16.3. The minimum atomic E-state index is -6.28. The summed E-state index contributed by atoms with van der Waals surface area (Å²) in [5, 5.41) is 19.6. The van der Waals surface area contributed by atoms with Gasteiger partial charge in [-0.1, -0.05) is 42.0 Å². The van der Waals surface area contributed by atoms with Crippen LogP contribution >= 0.6 is 0 Å². The van der Waals surface area contributed by atoms with Crippen molar-refractivity contribution in [2.24, 2.45) is 34.0 Å². The number of ether oxygens (including phenoxy) is 2. The maximum absolute atomic E-state index is 13.3. The maximum atomic E-state index is 13.3. The molecule has 0 spiro atoms. The highest BCUT2D eigenvalue weighted by atomic mass is 19.4. The number of alkyl halides is 9. The van der Waals surface area contributed by atoms with Crippen molar-refractivity contribution in [3.05, 3.63) is 0 Å². The Morgan fingerprint density at radius 1 is 0.560 bits per heavy atom. The van der Waals surface area contributed by atoms with E-state index in [1.165, 1.54) is 26.7 Å². The Kier molecular flexibility index (Phi) is 15.9. The van der Waals surface area contributed by atoms with Crippen molar-refractivity contribution in [1.82, 2.24) is 0 Å². The van der Waals surface area contributed by atoms with E-state index in [0.29, 0.717) is 5.41 Å². The number of rotatable bonds is 8. The van der Waals surface area contributed by atoms with E-state index in [9.17, 15) is 59.3 Å². The molecule has 0 aliphatic heterocycles. The van der Waals surface area contributed by atoms with Gasteiger partial charge in [0.1, 0.15) is 12.2 Å². The molecule has 0 aromatic carbocycles. The van der Waals surface area contributed by atoms with E-state index in [4.69, 9.17) is 9.47 Å². The molecule has 2 aliphatic rings. The first-order valence-electron chi connectivity index (χ1n) is 16.8. The molecule has 4 atom stereocenters. The summed E-state index contributed by atoms with van der Waals surface area (Å²) in [7, 11) is 0. The Morgan fingerprint density at radius 3 is 1.24 bits per heavy atom. The van der Waals surface area contributed by atoms with Gasteiger partial charge in [-0.2, -0.15) is 39.5 Å². The van der Waals surface area contributed by atoms with Gasteiger partial charge in [0, 0.05) is 11.8 Å². The molecule has 2 fully saturated rings. The topological polar surface area (TPSA) is 93.1 Å². The number of halogens is 9. The Hall–Kier alpha value is -1.77. The monoisotopic (exact) mass is 746 g/mol. The zero-order valence-electron chi connectivity index (χ0n) is 30.2. The second-order valence-corrected chi connectivity index (χ2v) is 16.3. The van der Waals surface area contributed by atoms with Crippen LogP contribution in [0.1, 0.15) is 134 Å². The van der Waals surface area contributed by atoms with E-state index in [0.717, 1.165) is 25.2 Å². The van der Waals surface area contributed by atoms with Crippen LogP contribution < -0.4 is 0 Å². The Labute approximate surface area is 291 Å². The first-order chi connectivity index (χ1) is 21.7. The summed E-state index contributed by atoms with van der Waals surface area (Å²) >= 11 is 0. The first kappa shape index (κ1) is 48.2. The second kappa shape index (κ2) is 16.5. The summed E-state index contributed by atoms with van der Waals surface area (Å²) in [5.74, 6) is -5.34. The highest BCUT2D eigenvalue weighted by molar-refractivity contribution is 5.76. The third kappa shape index (κ3) is 11.4. The van der Waals surface area contributed by atoms with Crippen LogP contribution in [-0.2, 0) is 19.1 Å². The summed E-state index contributed by atoms with van der Waals surface area (Å²) in [6.07, 6.45) is -17.6. The van der Waals surface area contributed by atoms with E-state index >= 15 is 0 Å².